The van der Waals surface area contributed by atoms with Gasteiger partial charge in [-0.3, -0.25) is 21.0 Å². The van der Waals surface area contributed by atoms with Gasteiger partial charge in [0.2, 0.25) is 0 Å². The molecular formula is C28H48F2N10O2. The van der Waals surface area contributed by atoms with Gasteiger partial charge in [-0.1, -0.05) is 0 Å². The van der Waals surface area contributed by atoms with Gasteiger partial charge in [0.25, 0.3) is 0 Å². The van der Waals surface area contributed by atoms with Crippen LogP contribution in [0.5, 0.6) is 0 Å². The lowest BCUT2D eigenvalue weighted by atomic mass is 9.85. The van der Waals surface area contributed by atoms with Crippen LogP contribution < -0.4 is 32.1 Å². The number of nitrogens with one attached hydrogen (secondary N) is 6. The van der Waals surface area contributed by atoms with Crippen molar-refractivity contribution in [3.63, 3.8) is 0 Å². The average molecular weight is 595 g/mol. The fourth-order valence-electron chi connectivity index (χ4n) is 8.08. The van der Waals surface area contributed by atoms with E-state index in [4.69, 9.17) is 4.74 Å². The van der Waals surface area contributed by atoms with E-state index in [1.807, 2.05) is 0 Å². The molecule has 0 aromatic carbocycles. The molecule has 6 fully saturated rings. The summed E-state index contributed by atoms with van der Waals surface area (Å²) in [5.74, 6) is 0.728. The molecule has 9 atom stereocenters. The van der Waals surface area contributed by atoms with Gasteiger partial charge >= 0.3 is 6.61 Å². The van der Waals surface area contributed by atoms with Crippen LogP contribution in [-0.2, 0) is 23.1 Å². The van der Waals surface area contributed by atoms with Gasteiger partial charge in [-0.05, 0) is 44.9 Å². The maximum atomic E-state index is 12.5. The minimum absolute atomic E-state index is 0.0129. The molecule has 42 heavy (non-hydrogen) atoms. The van der Waals surface area contributed by atoms with Crippen molar-refractivity contribution in [3.05, 3.63) is 23.5 Å². The quantitative estimate of drug-likeness (QED) is 0.269. The van der Waals surface area contributed by atoms with Gasteiger partial charge in [0, 0.05) is 82.1 Å². The first-order valence-corrected chi connectivity index (χ1v) is 15.8. The Morgan fingerprint density at radius 3 is 2.74 bits per heavy atom. The Balaban J connectivity index is 1.07. The van der Waals surface area contributed by atoms with E-state index in [0.717, 1.165) is 45.4 Å². The molecule has 0 aliphatic carbocycles. The van der Waals surface area contributed by atoms with Crippen LogP contribution in [0.2, 0.25) is 0 Å². The summed E-state index contributed by atoms with van der Waals surface area (Å²) in [6, 6.07) is 5.30. The van der Waals surface area contributed by atoms with Crippen LogP contribution in [0, 0.1) is 11.8 Å². The molecular weight excluding hydrogens is 546 g/mol. The third-order valence-corrected chi connectivity index (χ3v) is 10.5. The number of hydrazine groups is 2. The number of alkyl halides is 2. The van der Waals surface area contributed by atoms with Crippen molar-refractivity contribution in [1.82, 2.24) is 51.6 Å². The number of hydrogen-bond acceptors (Lipinski definition) is 11. The van der Waals surface area contributed by atoms with E-state index in [1.165, 1.54) is 11.4 Å². The van der Waals surface area contributed by atoms with Gasteiger partial charge in [-0.2, -0.15) is 8.78 Å². The van der Waals surface area contributed by atoms with E-state index in [9.17, 15) is 8.78 Å². The predicted molar refractivity (Wildman–Crippen MR) is 153 cm³/mol. The van der Waals surface area contributed by atoms with Gasteiger partial charge in [0.05, 0.1) is 37.3 Å². The van der Waals surface area contributed by atoms with Gasteiger partial charge in [-0.25, -0.2) is 15.4 Å². The van der Waals surface area contributed by atoms with E-state index < -0.39 is 6.61 Å². The first-order chi connectivity index (χ1) is 20.3. The van der Waals surface area contributed by atoms with Crippen LogP contribution in [0.1, 0.15) is 43.6 Å². The highest BCUT2D eigenvalue weighted by atomic mass is 19.3. The SMILES string of the molecule is C[C@H]1CCOC2C(CNN2C)C2NCCC(NC3CC4C(CN3)C(c3ccc(CN5CC(OC(F)F)C5)n3C)NN41)N2. The van der Waals surface area contributed by atoms with Crippen molar-refractivity contribution in [2.75, 3.05) is 46.4 Å². The maximum Gasteiger partial charge on any atom is 0.345 e. The van der Waals surface area contributed by atoms with Crippen molar-refractivity contribution < 1.29 is 18.3 Å². The zero-order chi connectivity index (χ0) is 29.0. The van der Waals surface area contributed by atoms with E-state index >= 15 is 0 Å². The molecule has 0 radical (unpaired) electrons. The van der Waals surface area contributed by atoms with E-state index in [0.29, 0.717) is 43.6 Å². The van der Waals surface area contributed by atoms with Crippen molar-refractivity contribution in [2.24, 2.45) is 18.9 Å². The number of piperidine rings is 1. The normalized spacial score (nSPS) is 40.7. The Kier molecular flexibility index (Phi) is 8.57. The summed E-state index contributed by atoms with van der Waals surface area (Å²) >= 11 is 0. The Morgan fingerprint density at radius 2 is 1.90 bits per heavy atom. The van der Waals surface area contributed by atoms with Crippen LogP contribution in [0.4, 0.5) is 8.78 Å². The number of fused-ring (bicyclic) bond motifs is 5. The van der Waals surface area contributed by atoms with Crippen LogP contribution in [-0.4, -0.2) is 115 Å². The summed E-state index contributed by atoms with van der Waals surface area (Å²) in [7, 11) is 4.21. The Hall–Kier alpha value is -1.30. The number of ether oxygens (including phenoxy) is 2. The number of aromatic nitrogens is 1. The zero-order valence-corrected chi connectivity index (χ0v) is 24.9. The molecule has 12 nitrogen and oxygen atoms in total. The molecule has 8 unspecified atom stereocenters. The lowest BCUT2D eigenvalue weighted by Gasteiger charge is -2.43. The molecule has 6 saturated heterocycles. The van der Waals surface area contributed by atoms with Gasteiger partial charge in [0.1, 0.15) is 6.23 Å². The number of likely N-dealkylation sites (tertiary alicyclic amines) is 1. The van der Waals surface area contributed by atoms with Crippen LogP contribution in [0.3, 0.4) is 0 Å². The fraction of sp³-hybridized carbons (Fsp3) is 0.857. The maximum absolute atomic E-state index is 12.5. The van der Waals surface area contributed by atoms with Crippen molar-refractivity contribution in [3.8, 4) is 0 Å². The van der Waals surface area contributed by atoms with Crippen molar-refractivity contribution in [2.45, 2.75) is 88.3 Å². The molecule has 1 aromatic rings. The lowest BCUT2D eigenvalue weighted by molar-refractivity contribution is -0.197. The van der Waals surface area contributed by atoms with Crippen LogP contribution in [0.25, 0.3) is 0 Å². The Bertz CT molecular complexity index is 1080. The molecule has 14 heteroatoms. The summed E-state index contributed by atoms with van der Waals surface area (Å²) in [5.41, 5.74) is 9.89. The first-order valence-electron chi connectivity index (χ1n) is 15.8. The van der Waals surface area contributed by atoms with Gasteiger partial charge in [-0.15, -0.1) is 0 Å². The molecule has 4 bridgehead atoms. The first kappa shape index (κ1) is 29.4. The molecule has 1 aromatic heterocycles. The molecule has 0 amide bonds. The van der Waals surface area contributed by atoms with E-state index in [-0.39, 0.29) is 36.9 Å². The second kappa shape index (κ2) is 12.2. The second-order valence-electron chi connectivity index (χ2n) is 13.1. The zero-order valence-electron chi connectivity index (χ0n) is 24.9. The van der Waals surface area contributed by atoms with Crippen molar-refractivity contribution in [1.29, 1.82) is 0 Å². The summed E-state index contributed by atoms with van der Waals surface area (Å²) in [4.78, 5) is 2.16. The van der Waals surface area contributed by atoms with Gasteiger partial charge in [0.15, 0.2) is 0 Å². The summed E-state index contributed by atoms with van der Waals surface area (Å²) in [6.45, 7) is 4.92. The minimum Gasteiger partial charge on any atom is -0.361 e. The largest absolute Gasteiger partial charge is 0.361 e. The van der Waals surface area contributed by atoms with E-state index in [1.54, 1.807) is 0 Å². The standard InChI is InChI=1S/C28H48F2N10O2/c1-16-7-9-41-27-20(12-33-38(27)3)26-31-8-6-23(35-26)34-24-10-22-19(11-32-24)25(36-40(16)22)21-5-4-17(37(21)2)13-39-14-18(15-39)42-28(29)30/h4-5,16,18-20,22-28,31-36H,6-15H2,1-3H3/t16-,19?,20?,22?,23?,24?,25?,26?,27?/m0/s1. The number of halogens is 2. The van der Waals surface area contributed by atoms with Crippen LogP contribution >= 0.6 is 0 Å². The molecule has 236 valence electrons. The van der Waals surface area contributed by atoms with Crippen molar-refractivity contribution >= 4 is 0 Å². The summed E-state index contributed by atoms with van der Waals surface area (Å²) in [5, 5.41) is 19.9. The third-order valence-electron chi connectivity index (χ3n) is 10.5. The molecule has 6 aliphatic heterocycles. The molecule has 0 saturated carbocycles. The summed E-state index contributed by atoms with van der Waals surface area (Å²) in [6.07, 6.45) is 3.28. The Morgan fingerprint density at radius 1 is 1.05 bits per heavy atom. The molecule has 7 heterocycles. The third kappa shape index (κ3) is 5.76. The number of rotatable bonds is 5. The molecule has 7 rings (SSSR count). The smallest absolute Gasteiger partial charge is 0.345 e. The number of hydrogen-bond donors (Lipinski definition) is 6. The monoisotopic (exact) mass is 594 g/mol. The minimum atomic E-state index is -2.70. The summed E-state index contributed by atoms with van der Waals surface area (Å²) < 4.78 is 38.6. The van der Waals surface area contributed by atoms with Crippen LogP contribution in [0.15, 0.2) is 12.1 Å². The lowest BCUT2D eigenvalue weighted by Crippen LogP contribution is -2.67. The Labute approximate surface area is 247 Å². The topological polar surface area (TPSA) is 105 Å². The highest BCUT2D eigenvalue weighted by Gasteiger charge is 2.49. The molecule has 6 aliphatic rings. The van der Waals surface area contributed by atoms with Gasteiger partial charge < -0.3 is 24.7 Å². The average Bonchev–Trinajstić information content (AvgIpc) is 3.62. The predicted octanol–water partition coefficient (Wildman–Crippen LogP) is -0.360. The van der Waals surface area contributed by atoms with E-state index in [2.05, 4.69) is 89.5 Å². The second-order valence-corrected chi connectivity index (χ2v) is 13.1. The molecule has 6 N–H and O–H groups in total. The highest BCUT2D eigenvalue weighted by Crippen LogP contribution is 2.39. The highest BCUT2D eigenvalue weighted by molar-refractivity contribution is 5.23. The fourth-order valence-corrected chi connectivity index (χ4v) is 8.08. The molecule has 0 spiro atoms. The number of nitrogens with zero attached hydrogens (tertiary/aromatic N) is 4.